The van der Waals surface area contributed by atoms with Crippen LogP contribution in [0.25, 0.3) is 0 Å². The SMILES string of the molecule is CN(C)S(=O)(=O)c1cc([N+](=O)[O-])c(N)cc1Cl.P. The van der Waals surface area contributed by atoms with E-state index in [0.717, 1.165) is 16.4 Å². The highest BCUT2D eigenvalue weighted by Gasteiger charge is 2.25. The predicted octanol–water partition coefficient (Wildman–Crippen LogP) is 1.14. The van der Waals surface area contributed by atoms with Crippen LogP contribution in [0.5, 0.6) is 0 Å². The van der Waals surface area contributed by atoms with Crippen molar-refractivity contribution in [2.75, 3.05) is 19.8 Å². The van der Waals surface area contributed by atoms with Gasteiger partial charge < -0.3 is 5.73 Å². The van der Waals surface area contributed by atoms with Gasteiger partial charge in [0.15, 0.2) is 0 Å². The number of benzene rings is 1. The first kappa shape index (κ1) is 17.1. The van der Waals surface area contributed by atoms with Crippen LogP contribution in [0, 0.1) is 10.1 Å². The van der Waals surface area contributed by atoms with Crippen molar-refractivity contribution in [1.82, 2.24) is 4.31 Å². The molecule has 0 aromatic heterocycles. The summed E-state index contributed by atoms with van der Waals surface area (Å²) in [5, 5.41) is 10.5. The molecular formula is C8H13ClN3O4PS. The minimum atomic E-state index is -3.84. The average Bonchev–Trinajstić information content (AvgIpc) is 2.15. The van der Waals surface area contributed by atoms with Crippen LogP contribution < -0.4 is 5.73 Å². The largest absolute Gasteiger partial charge is 0.393 e. The quantitative estimate of drug-likeness (QED) is 0.390. The van der Waals surface area contributed by atoms with Crippen LogP contribution in [0.2, 0.25) is 5.02 Å². The molecule has 1 atom stereocenters. The minimum absolute atomic E-state index is 0. The Hall–Kier alpha value is -0.950. The van der Waals surface area contributed by atoms with Crippen molar-refractivity contribution in [3.63, 3.8) is 0 Å². The monoisotopic (exact) mass is 313 g/mol. The molecular weight excluding hydrogens is 301 g/mol. The van der Waals surface area contributed by atoms with Gasteiger partial charge in [-0.05, 0) is 6.07 Å². The smallest absolute Gasteiger partial charge is 0.293 e. The highest BCUT2D eigenvalue weighted by Crippen LogP contribution is 2.32. The Morgan fingerprint density at radius 2 is 1.89 bits per heavy atom. The molecule has 0 aliphatic carbocycles. The Morgan fingerprint density at radius 3 is 2.28 bits per heavy atom. The van der Waals surface area contributed by atoms with Gasteiger partial charge in [0, 0.05) is 20.2 Å². The van der Waals surface area contributed by atoms with Gasteiger partial charge in [-0.1, -0.05) is 11.6 Å². The summed E-state index contributed by atoms with van der Waals surface area (Å²) in [6.07, 6.45) is 0. The normalized spacial score (nSPS) is 11.1. The summed E-state index contributed by atoms with van der Waals surface area (Å²) < 4.78 is 24.5. The molecule has 1 aromatic rings. The lowest BCUT2D eigenvalue weighted by Gasteiger charge is -2.12. The summed E-state index contributed by atoms with van der Waals surface area (Å²) in [5.74, 6) is 0. The van der Waals surface area contributed by atoms with Crippen LogP contribution in [0.1, 0.15) is 0 Å². The van der Waals surface area contributed by atoms with E-state index in [4.69, 9.17) is 17.3 Å². The number of halogens is 1. The van der Waals surface area contributed by atoms with Crippen molar-refractivity contribution in [2.45, 2.75) is 4.90 Å². The Labute approximate surface area is 113 Å². The van der Waals surface area contributed by atoms with Gasteiger partial charge in [0.2, 0.25) is 10.0 Å². The predicted molar refractivity (Wildman–Crippen MR) is 74.5 cm³/mol. The highest BCUT2D eigenvalue weighted by molar-refractivity contribution is 7.89. The van der Waals surface area contributed by atoms with Crippen molar-refractivity contribution < 1.29 is 13.3 Å². The Kier molecular flexibility index (Phi) is 5.49. The summed E-state index contributed by atoms with van der Waals surface area (Å²) >= 11 is 5.73. The molecule has 0 amide bonds. The molecule has 0 aliphatic rings. The van der Waals surface area contributed by atoms with Crippen molar-refractivity contribution in [3.8, 4) is 0 Å². The van der Waals surface area contributed by atoms with E-state index >= 15 is 0 Å². The van der Waals surface area contributed by atoms with Gasteiger partial charge in [-0.15, -0.1) is 0 Å². The molecule has 0 heterocycles. The topological polar surface area (TPSA) is 107 Å². The van der Waals surface area contributed by atoms with E-state index in [2.05, 4.69) is 0 Å². The Bertz CT molecular complexity index is 576. The molecule has 10 heteroatoms. The number of nitro benzene ring substituents is 1. The Morgan fingerprint density at radius 1 is 1.39 bits per heavy atom. The fourth-order valence-electron chi connectivity index (χ4n) is 1.11. The fraction of sp³-hybridized carbons (Fsp3) is 0.250. The lowest BCUT2D eigenvalue weighted by Crippen LogP contribution is -2.22. The zero-order valence-corrected chi connectivity index (χ0v) is 12.7. The molecule has 2 N–H and O–H groups in total. The minimum Gasteiger partial charge on any atom is -0.393 e. The first-order valence-corrected chi connectivity index (χ1v) is 6.15. The highest BCUT2D eigenvalue weighted by atomic mass is 35.5. The number of sulfonamides is 1. The van der Waals surface area contributed by atoms with Crippen LogP contribution in [-0.2, 0) is 10.0 Å². The molecule has 0 bridgehead atoms. The standard InChI is InChI=1S/C8H10ClN3O4S.H3P/c1-11(2)17(15,16)8-4-7(12(13)14)6(10)3-5(8)9;/h3-4H,10H2,1-2H3;1H3. The lowest BCUT2D eigenvalue weighted by atomic mass is 10.3. The van der Waals surface area contributed by atoms with Crippen molar-refractivity contribution in [1.29, 1.82) is 0 Å². The number of hydrogen-bond donors (Lipinski definition) is 1. The zero-order valence-electron chi connectivity index (χ0n) is 9.75. The van der Waals surface area contributed by atoms with Crippen molar-refractivity contribution >= 4 is 42.9 Å². The molecule has 0 saturated heterocycles. The molecule has 0 spiro atoms. The van der Waals surface area contributed by atoms with Gasteiger partial charge in [-0.25, -0.2) is 12.7 Å². The summed E-state index contributed by atoms with van der Waals surface area (Å²) in [6.45, 7) is 0. The van der Waals surface area contributed by atoms with Gasteiger partial charge in [0.05, 0.1) is 9.95 Å². The van der Waals surface area contributed by atoms with Crippen LogP contribution in [0.15, 0.2) is 17.0 Å². The second-order valence-corrected chi connectivity index (χ2v) is 5.91. The zero-order chi connectivity index (χ0) is 13.4. The van der Waals surface area contributed by atoms with E-state index in [1.807, 2.05) is 0 Å². The molecule has 1 aromatic carbocycles. The van der Waals surface area contributed by atoms with E-state index in [1.165, 1.54) is 14.1 Å². The summed E-state index contributed by atoms with van der Waals surface area (Å²) in [5.41, 5.74) is 4.70. The maximum absolute atomic E-state index is 11.8. The van der Waals surface area contributed by atoms with E-state index in [-0.39, 0.29) is 25.5 Å². The summed E-state index contributed by atoms with van der Waals surface area (Å²) in [4.78, 5) is 9.55. The number of nitrogen functional groups attached to an aromatic ring is 1. The molecule has 0 fully saturated rings. The summed E-state index contributed by atoms with van der Waals surface area (Å²) in [7, 11) is -1.24. The first-order valence-electron chi connectivity index (χ1n) is 4.34. The molecule has 102 valence electrons. The van der Waals surface area contributed by atoms with E-state index < -0.39 is 20.6 Å². The second kappa shape index (κ2) is 5.79. The van der Waals surface area contributed by atoms with Gasteiger partial charge in [0.1, 0.15) is 10.6 Å². The fourth-order valence-corrected chi connectivity index (χ4v) is 2.53. The number of anilines is 1. The van der Waals surface area contributed by atoms with Gasteiger partial charge in [-0.3, -0.25) is 10.1 Å². The molecule has 18 heavy (non-hydrogen) atoms. The molecule has 0 saturated carbocycles. The average molecular weight is 314 g/mol. The number of nitrogens with zero attached hydrogens (tertiary/aromatic N) is 2. The number of nitrogens with two attached hydrogens (primary N) is 1. The molecule has 0 aliphatic heterocycles. The third-order valence-electron chi connectivity index (χ3n) is 2.04. The lowest BCUT2D eigenvalue weighted by molar-refractivity contribution is -0.384. The second-order valence-electron chi connectivity index (χ2n) is 3.39. The molecule has 0 radical (unpaired) electrons. The van der Waals surface area contributed by atoms with Crippen molar-refractivity contribution in [2.24, 2.45) is 0 Å². The van der Waals surface area contributed by atoms with Gasteiger partial charge in [-0.2, -0.15) is 9.90 Å². The number of hydrogen-bond acceptors (Lipinski definition) is 5. The van der Waals surface area contributed by atoms with Crippen LogP contribution in [0.4, 0.5) is 11.4 Å². The first-order chi connectivity index (χ1) is 7.67. The number of nitro groups is 1. The third kappa shape index (κ3) is 3.08. The maximum atomic E-state index is 11.8. The van der Waals surface area contributed by atoms with Gasteiger partial charge >= 0.3 is 0 Å². The van der Waals surface area contributed by atoms with E-state index in [1.54, 1.807) is 0 Å². The van der Waals surface area contributed by atoms with Crippen LogP contribution >= 0.6 is 21.5 Å². The molecule has 1 unspecified atom stereocenters. The van der Waals surface area contributed by atoms with E-state index in [9.17, 15) is 18.5 Å². The summed E-state index contributed by atoms with van der Waals surface area (Å²) in [6, 6.07) is 1.91. The van der Waals surface area contributed by atoms with Crippen LogP contribution in [-0.4, -0.2) is 31.7 Å². The van der Waals surface area contributed by atoms with Crippen molar-refractivity contribution in [3.05, 3.63) is 27.3 Å². The Balaban J connectivity index is 0.00000289. The van der Waals surface area contributed by atoms with Gasteiger partial charge in [0.25, 0.3) is 5.69 Å². The maximum Gasteiger partial charge on any atom is 0.293 e. The van der Waals surface area contributed by atoms with Crippen LogP contribution in [0.3, 0.4) is 0 Å². The van der Waals surface area contributed by atoms with E-state index in [0.29, 0.717) is 0 Å². The molecule has 7 nitrogen and oxygen atoms in total. The molecule has 1 rings (SSSR count). The third-order valence-corrected chi connectivity index (χ3v) is 4.32. The number of rotatable bonds is 3.